The van der Waals surface area contributed by atoms with Gasteiger partial charge in [0.05, 0.1) is 5.56 Å². The van der Waals surface area contributed by atoms with Gasteiger partial charge in [-0.25, -0.2) is 9.37 Å². The van der Waals surface area contributed by atoms with E-state index >= 15 is 0 Å². The van der Waals surface area contributed by atoms with Gasteiger partial charge in [-0.05, 0) is 24.6 Å². The molecule has 0 aliphatic carbocycles. The number of halogens is 1. The molecule has 90 valence electrons. The van der Waals surface area contributed by atoms with Gasteiger partial charge in [-0.2, -0.15) is 9.50 Å². The van der Waals surface area contributed by atoms with E-state index in [2.05, 4.69) is 15.1 Å². The molecule has 0 bridgehead atoms. The average Bonchev–Trinajstić information content (AvgIpc) is 2.71. The van der Waals surface area contributed by atoms with Crippen LogP contribution in [0.15, 0.2) is 35.3 Å². The number of nitrogens with one attached hydrogen (secondary N) is 1. The minimum Gasteiger partial charge on any atom is -0.275 e. The maximum absolute atomic E-state index is 13.2. The van der Waals surface area contributed by atoms with Crippen molar-refractivity contribution in [2.75, 3.05) is 0 Å². The Morgan fingerprint density at radius 2 is 2.22 bits per heavy atom. The summed E-state index contributed by atoms with van der Waals surface area (Å²) in [6.45, 7) is 1.73. The van der Waals surface area contributed by atoms with Crippen LogP contribution in [0.25, 0.3) is 16.9 Å². The highest BCUT2D eigenvalue weighted by Gasteiger charge is 2.10. The Kier molecular flexibility index (Phi) is 2.22. The summed E-state index contributed by atoms with van der Waals surface area (Å²) >= 11 is 0. The Labute approximate surface area is 101 Å². The number of rotatable bonds is 1. The molecule has 2 heterocycles. The number of aromatic amines is 1. The second-order valence-electron chi connectivity index (χ2n) is 3.93. The summed E-state index contributed by atoms with van der Waals surface area (Å²) < 4.78 is 14.4. The van der Waals surface area contributed by atoms with Crippen molar-refractivity contribution in [3.8, 4) is 11.1 Å². The fourth-order valence-electron chi connectivity index (χ4n) is 1.82. The highest BCUT2D eigenvalue weighted by atomic mass is 19.1. The molecule has 0 radical (unpaired) electrons. The van der Waals surface area contributed by atoms with E-state index in [-0.39, 0.29) is 5.56 Å². The molecule has 0 fully saturated rings. The Bertz CT molecular complexity index is 790. The lowest BCUT2D eigenvalue weighted by molar-refractivity contribution is 0.628. The maximum atomic E-state index is 13.2. The normalized spacial score (nSPS) is 11.0. The molecule has 0 unspecified atom stereocenters. The SMILES string of the molecule is Cc1nc2ncc(-c3cccc(F)c3)c(=O)n2[nH]1. The Balaban J connectivity index is 2.30. The third-order valence-electron chi connectivity index (χ3n) is 2.62. The predicted molar refractivity (Wildman–Crippen MR) is 63.7 cm³/mol. The number of fused-ring (bicyclic) bond motifs is 1. The molecule has 3 rings (SSSR count). The molecule has 0 aliphatic heterocycles. The van der Waals surface area contributed by atoms with Crippen LogP contribution in [-0.2, 0) is 0 Å². The van der Waals surface area contributed by atoms with Crippen molar-refractivity contribution in [2.24, 2.45) is 0 Å². The van der Waals surface area contributed by atoms with E-state index in [1.54, 1.807) is 19.1 Å². The number of nitrogens with zero attached hydrogens (tertiary/aromatic N) is 3. The first-order chi connectivity index (χ1) is 8.65. The van der Waals surface area contributed by atoms with Crippen molar-refractivity contribution < 1.29 is 4.39 Å². The maximum Gasteiger partial charge on any atom is 0.281 e. The molecular formula is C12H9FN4O. The van der Waals surface area contributed by atoms with Crippen LogP contribution in [-0.4, -0.2) is 19.6 Å². The van der Waals surface area contributed by atoms with E-state index in [9.17, 15) is 9.18 Å². The van der Waals surface area contributed by atoms with Crippen molar-refractivity contribution in [1.29, 1.82) is 0 Å². The van der Waals surface area contributed by atoms with Gasteiger partial charge in [-0.3, -0.25) is 9.89 Å². The molecule has 2 aromatic heterocycles. The minimum absolute atomic E-state index is 0.300. The number of aromatic nitrogens is 4. The molecule has 0 atom stereocenters. The highest BCUT2D eigenvalue weighted by molar-refractivity contribution is 5.62. The summed E-state index contributed by atoms with van der Waals surface area (Å²) in [7, 11) is 0. The molecule has 0 amide bonds. The van der Waals surface area contributed by atoms with Crippen LogP contribution in [0.5, 0.6) is 0 Å². The van der Waals surface area contributed by atoms with Gasteiger partial charge in [0.25, 0.3) is 11.3 Å². The number of aryl methyl sites for hydroxylation is 1. The largest absolute Gasteiger partial charge is 0.281 e. The Morgan fingerprint density at radius 1 is 1.39 bits per heavy atom. The summed E-state index contributed by atoms with van der Waals surface area (Å²) in [5, 5.41) is 2.79. The number of H-pyrrole nitrogens is 1. The van der Waals surface area contributed by atoms with Crippen LogP contribution in [0.1, 0.15) is 5.82 Å². The molecule has 0 saturated heterocycles. The van der Waals surface area contributed by atoms with Gasteiger partial charge in [0.2, 0.25) is 0 Å². The van der Waals surface area contributed by atoms with E-state index < -0.39 is 5.82 Å². The molecule has 3 aromatic rings. The zero-order valence-corrected chi connectivity index (χ0v) is 9.51. The summed E-state index contributed by atoms with van der Waals surface area (Å²) in [6, 6.07) is 5.84. The quantitative estimate of drug-likeness (QED) is 0.706. The molecule has 5 nitrogen and oxygen atoms in total. The molecule has 6 heteroatoms. The van der Waals surface area contributed by atoms with Crippen LogP contribution in [0.4, 0.5) is 4.39 Å². The van der Waals surface area contributed by atoms with Gasteiger partial charge in [-0.1, -0.05) is 12.1 Å². The third kappa shape index (κ3) is 1.58. The molecular weight excluding hydrogens is 235 g/mol. The van der Waals surface area contributed by atoms with Crippen LogP contribution in [0, 0.1) is 12.7 Å². The first-order valence-electron chi connectivity index (χ1n) is 5.35. The highest BCUT2D eigenvalue weighted by Crippen LogP contribution is 2.15. The van der Waals surface area contributed by atoms with E-state index in [0.29, 0.717) is 22.7 Å². The fourth-order valence-corrected chi connectivity index (χ4v) is 1.82. The van der Waals surface area contributed by atoms with Gasteiger partial charge in [-0.15, -0.1) is 0 Å². The van der Waals surface area contributed by atoms with Crippen molar-refractivity contribution in [3.63, 3.8) is 0 Å². The number of hydrogen-bond acceptors (Lipinski definition) is 3. The van der Waals surface area contributed by atoms with Crippen LogP contribution < -0.4 is 5.56 Å². The zero-order valence-electron chi connectivity index (χ0n) is 9.51. The molecule has 1 aromatic carbocycles. The van der Waals surface area contributed by atoms with Gasteiger partial charge < -0.3 is 0 Å². The van der Waals surface area contributed by atoms with Crippen LogP contribution >= 0.6 is 0 Å². The number of benzene rings is 1. The summed E-state index contributed by atoms with van der Waals surface area (Å²) in [6.07, 6.45) is 1.41. The second kappa shape index (κ2) is 3.76. The fraction of sp³-hybridized carbons (Fsp3) is 0.0833. The number of hydrogen-bond donors (Lipinski definition) is 1. The first kappa shape index (κ1) is 10.6. The Morgan fingerprint density at radius 3 is 3.00 bits per heavy atom. The summed E-state index contributed by atoms with van der Waals surface area (Å²) in [5.74, 6) is 0.506. The molecule has 18 heavy (non-hydrogen) atoms. The lowest BCUT2D eigenvalue weighted by Crippen LogP contribution is -2.17. The summed E-state index contributed by atoms with van der Waals surface area (Å²) in [4.78, 5) is 20.3. The second-order valence-corrected chi connectivity index (χ2v) is 3.93. The third-order valence-corrected chi connectivity index (χ3v) is 2.62. The molecule has 0 aliphatic rings. The Hall–Kier alpha value is -2.50. The van der Waals surface area contributed by atoms with Crippen molar-refractivity contribution >= 4 is 5.78 Å². The van der Waals surface area contributed by atoms with Gasteiger partial charge in [0.1, 0.15) is 11.6 Å². The van der Waals surface area contributed by atoms with E-state index in [0.717, 1.165) is 0 Å². The minimum atomic E-state index is -0.391. The van der Waals surface area contributed by atoms with Crippen molar-refractivity contribution in [1.82, 2.24) is 19.6 Å². The van der Waals surface area contributed by atoms with E-state index in [1.807, 2.05) is 0 Å². The molecule has 0 spiro atoms. The molecule has 0 saturated carbocycles. The standard InChI is InChI=1S/C12H9FN4O/c1-7-15-12-14-6-10(11(18)17(12)16-7)8-3-2-4-9(13)5-8/h2-6H,1H3,(H,14,15,16). The lowest BCUT2D eigenvalue weighted by atomic mass is 10.1. The van der Waals surface area contributed by atoms with Crippen LogP contribution in [0.2, 0.25) is 0 Å². The smallest absolute Gasteiger partial charge is 0.275 e. The van der Waals surface area contributed by atoms with Crippen molar-refractivity contribution in [3.05, 3.63) is 52.5 Å². The molecule has 1 N–H and O–H groups in total. The topological polar surface area (TPSA) is 63.1 Å². The average molecular weight is 244 g/mol. The first-order valence-corrected chi connectivity index (χ1v) is 5.35. The van der Waals surface area contributed by atoms with Gasteiger partial charge in [0.15, 0.2) is 0 Å². The van der Waals surface area contributed by atoms with E-state index in [4.69, 9.17) is 0 Å². The van der Waals surface area contributed by atoms with Gasteiger partial charge >= 0.3 is 0 Å². The van der Waals surface area contributed by atoms with Crippen LogP contribution in [0.3, 0.4) is 0 Å². The van der Waals surface area contributed by atoms with Crippen molar-refractivity contribution in [2.45, 2.75) is 6.92 Å². The van der Waals surface area contributed by atoms with Gasteiger partial charge in [0, 0.05) is 6.20 Å². The monoisotopic (exact) mass is 244 g/mol. The zero-order chi connectivity index (χ0) is 12.7. The predicted octanol–water partition coefficient (Wildman–Crippen LogP) is 1.53. The lowest BCUT2D eigenvalue weighted by Gasteiger charge is -2.00. The summed E-state index contributed by atoms with van der Waals surface area (Å²) in [5.41, 5.74) is 0.524. The van der Waals surface area contributed by atoms with E-state index in [1.165, 1.54) is 22.8 Å².